The highest BCUT2D eigenvalue weighted by Crippen LogP contribution is 2.32. The number of aromatic hydroxyl groups is 4. The van der Waals surface area contributed by atoms with Crippen LogP contribution in [0.15, 0.2) is 42.0 Å². The van der Waals surface area contributed by atoms with E-state index in [9.17, 15) is 25.2 Å². The predicted molar refractivity (Wildman–Crippen MR) is 107 cm³/mol. The van der Waals surface area contributed by atoms with Gasteiger partial charge in [0.2, 0.25) is 0 Å². The minimum absolute atomic E-state index is 0.222. The van der Waals surface area contributed by atoms with E-state index in [1.165, 1.54) is 35.9 Å². The van der Waals surface area contributed by atoms with E-state index in [2.05, 4.69) is 19.9 Å². The molecule has 0 radical (unpaired) electrons. The molecular formula is C22H26O5. The molecule has 5 heteroatoms. The van der Waals surface area contributed by atoms with Gasteiger partial charge in [0.25, 0.3) is 0 Å². The van der Waals surface area contributed by atoms with Crippen molar-refractivity contribution >= 4 is 11.9 Å². The van der Waals surface area contributed by atoms with Crippen LogP contribution in [0.4, 0.5) is 0 Å². The van der Waals surface area contributed by atoms with Crippen LogP contribution in [0.1, 0.15) is 47.8 Å². The van der Waals surface area contributed by atoms with E-state index in [-0.39, 0.29) is 34.3 Å². The summed E-state index contributed by atoms with van der Waals surface area (Å²) >= 11 is 0. The number of benzene rings is 2. The van der Waals surface area contributed by atoms with Crippen LogP contribution in [0.5, 0.6) is 23.0 Å². The molecule has 0 heterocycles. The number of ketones is 1. The first-order valence-electron chi connectivity index (χ1n) is 8.44. The van der Waals surface area contributed by atoms with E-state index in [0.29, 0.717) is 16.7 Å². The minimum Gasteiger partial charge on any atom is -0.504 e. The van der Waals surface area contributed by atoms with E-state index in [1.54, 1.807) is 19.9 Å². The average Bonchev–Trinajstić information content (AvgIpc) is 2.63. The van der Waals surface area contributed by atoms with Crippen LogP contribution in [0.2, 0.25) is 0 Å². The highest BCUT2D eigenvalue weighted by Gasteiger charge is 2.10. The molecule has 0 saturated heterocycles. The van der Waals surface area contributed by atoms with Crippen molar-refractivity contribution in [2.45, 2.75) is 34.6 Å². The Bertz CT molecular complexity index is 865. The number of hydrogen-bond acceptors (Lipinski definition) is 5. The molecule has 0 unspecified atom stereocenters. The Kier molecular flexibility index (Phi) is 7.66. The smallest absolute Gasteiger partial charge is 0.186 e. The number of aryl methyl sites for hydroxylation is 1. The van der Waals surface area contributed by atoms with Gasteiger partial charge in [-0.15, -0.1) is 0 Å². The van der Waals surface area contributed by atoms with Gasteiger partial charge in [-0.05, 0) is 70.0 Å². The van der Waals surface area contributed by atoms with Gasteiger partial charge < -0.3 is 20.4 Å². The molecule has 0 saturated carbocycles. The molecule has 2 aromatic rings. The Morgan fingerprint density at radius 1 is 0.926 bits per heavy atom. The third kappa shape index (κ3) is 5.92. The van der Waals surface area contributed by atoms with Crippen LogP contribution in [0.3, 0.4) is 0 Å². The molecule has 0 aliphatic heterocycles. The number of rotatable bonds is 3. The predicted octanol–water partition coefficient (Wildman–Crippen LogP) is 4.99. The molecule has 0 spiro atoms. The lowest BCUT2D eigenvalue weighted by Crippen LogP contribution is -1.95. The zero-order chi connectivity index (χ0) is 20.7. The Morgan fingerprint density at radius 3 is 2.04 bits per heavy atom. The van der Waals surface area contributed by atoms with Gasteiger partial charge in [-0.2, -0.15) is 0 Å². The summed E-state index contributed by atoms with van der Waals surface area (Å²) in [5, 5.41) is 38.0. The molecule has 5 nitrogen and oxygen atoms in total. The lowest BCUT2D eigenvalue weighted by Gasteiger charge is -2.06. The molecule has 0 aliphatic carbocycles. The zero-order valence-corrected chi connectivity index (χ0v) is 16.2. The molecule has 0 aliphatic rings. The van der Waals surface area contributed by atoms with Gasteiger partial charge in [-0.25, -0.2) is 0 Å². The number of phenols is 4. The molecule has 0 aromatic heterocycles. The molecule has 2 rings (SSSR count). The molecule has 0 atom stereocenters. The maximum atomic E-state index is 12.1. The van der Waals surface area contributed by atoms with E-state index in [0.717, 1.165) is 0 Å². The van der Waals surface area contributed by atoms with Crippen molar-refractivity contribution in [3.63, 3.8) is 0 Å². The summed E-state index contributed by atoms with van der Waals surface area (Å²) < 4.78 is 0. The summed E-state index contributed by atoms with van der Waals surface area (Å²) in [6.07, 6.45) is 4.89. The standard InChI is InChI=1S/C17H16O5.C5H10/c1-9-7-12(8-15(20)16(9)21)13(18)5-3-11-4-6-14(19)17(22)10(11)2;1-4-5(2)3/h3-8,19-22H,1-2H3;4H,1-3H3/b5-3+;. The van der Waals surface area contributed by atoms with Crippen molar-refractivity contribution in [2.75, 3.05) is 0 Å². The summed E-state index contributed by atoms with van der Waals surface area (Å²) in [5.74, 6) is -1.41. The molecule has 0 amide bonds. The fourth-order valence-corrected chi connectivity index (χ4v) is 2.05. The number of allylic oxidation sites excluding steroid dienone is 3. The Labute approximate surface area is 159 Å². The third-order valence-electron chi connectivity index (χ3n) is 4.01. The number of carbonyl (C=O) groups is 1. The normalized spacial score (nSPS) is 10.3. The number of phenolic OH excluding ortho intramolecular Hbond substituents is 4. The van der Waals surface area contributed by atoms with E-state index < -0.39 is 0 Å². The van der Waals surface area contributed by atoms with Crippen LogP contribution in [-0.4, -0.2) is 26.2 Å². The first kappa shape index (κ1) is 21.8. The maximum absolute atomic E-state index is 12.1. The van der Waals surface area contributed by atoms with Crippen molar-refractivity contribution < 1.29 is 25.2 Å². The number of hydrogen-bond donors (Lipinski definition) is 4. The quantitative estimate of drug-likeness (QED) is 0.264. The van der Waals surface area contributed by atoms with E-state index in [4.69, 9.17) is 0 Å². The van der Waals surface area contributed by atoms with Crippen molar-refractivity contribution in [1.29, 1.82) is 0 Å². The summed E-state index contributed by atoms with van der Waals surface area (Å²) in [5.41, 5.74) is 3.06. The fraction of sp³-hybridized carbons (Fsp3) is 0.227. The van der Waals surface area contributed by atoms with Gasteiger partial charge in [0.1, 0.15) is 0 Å². The van der Waals surface area contributed by atoms with Gasteiger partial charge >= 0.3 is 0 Å². The minimum atomic E-state index is -0.356. The molecular weight excluding hydrogens is 344 g/mol. The lowest BCUT2D eigenvalue weighted by atomic mass is 10.0. The van der Waals surface area contributed by atoms with Gasteiger partial charge in [0, 0.05) is 11.1 Å². The second-order valence-corrected chi connectivity index (χ2v) is 6.37. The average molecular weight is 370 g/mol. The highest BCUT2D eigenvalue weighted by molar-refractivity contribution is 6.07. The molecule has 2 aromatic carbocycles. The highest BCUT2D eigenvalue weighted by atomic mass is 16.3. The summed E-state index contributed by atoms with van der Waals surface area (Å²) in [7, 11) is 0. The Balaban J connectivity index is 0.000000646. The van der Waals surface area contributed by atoms with E-state index in [1.807, 2.05) is 6.92 Å². The lowest BCUT2D eigenvalue weighted by molar-refractivity contribution is 0.104. The Morgan fingerprint density at radius 2 is 1.52 bits per heavy atom. The molecule has 0 bridgehead atoms. The van der Waals surface area contributed by atoms with Gasteiger partial charge in [-0.3, -0.25) is 4.79 Å². The van der Waals surface area contributed by atoms with Gasteiger partial charge in [-0.1, -0.05) is 23.8 Å². The maximum Gasteiger partial charge on any atom is 0.186 e. The fourth-order valence-electron chi connectivity index (χ4n) is 2.05. The SMILES string of the molecule is CC=C(C)C.Cc1cc(C(=O)/C=C/c2ccc(O)c(O)c2C)cc(O)c1O. The monoisotopic (exact) mass is 370 g/mol. The molecule has 27 heavy (non-hydrogen) atoms. The van der Waals surface area contributed by atoms with Gasteiger partial charge in [0.15, 0.2) is 28.8 Å². The van der Waals surface area contributed by atoms with Crippen molar-refractivity contribution in [3.8, 4) is 23.0 Å². The molecule has 4 N–H and O–H groups in total. The van der Waals surface area contributed by atoms with Crippen molar-refractivity contribution in [3.05, 3.63) is 64.2 Å². The van der Waals surface area contributed by atoms with Crippen molar-refractivity contribution in [1.82, 2.24) is 0 Å². The second kappa shape index (κ2) is 9.48. The van der Waals surface area contributed by atoms with Crippen molar-refractivity contribution in [2.24, 2.45) is 0 Å². The van der Waals surface area contributed by atoms with E-state index >= 15 is 0 Å². The Hall–Kier alpha value is -3.21. The summed E-state index contributed by atoms with van der Waals surface area (Å²) in [6, 6.07) is 5.58. The van der Waals surface area contributed by atoms with Crippen LogP contribution in [-0.2, 0) is 0 Å². The van der Waals surface area contributed by atoms with Crippen LogP contribution < -0.4 is 0 Å². The van der Waals surface area contributed by atoms with Crippen LogP contribution in [0.25, 0.3) is 6.08 Å². The van der Waals surface area contributed by atoms with Crippen LogP contribution >= 0.6 is 0 Å². The topological polar surface area (TPSA) is 98.0 Å². The van der Waals surface area contributed by atoms with Crippen LogP contribution in [0, 0.1) is 13.8 Å². The van der Waals surface area contributed by atoms with Gasteiger partial charge in [0.05, 0.1) is 0 Å². The largest absolute Gasteiger partial charge is 0.504 e. The first-order valence-corrected chi connectivity index (χ1v) is 8.44. The third-order valence-corrected chi connectivity index (χ3v) is 4.01. The molecule has 144 valence electrons. The zero-order valence-electron chi connectivity index (χ0n) is 16.2. The first-order chi connectivity index (χ1) is 12.6. The summed E-state index contributed by atoms with van der Waals surface area (Å²) in [4.78, 5) is 12.1. The molecule has 0 fully saturated rings. The summed E-state index contributed by atoms with van der Waals surface area (Å²) in [6.45, 7) is 9.41. The number of carbonyl (C=O) groups excluding carboxylic acids is 1. The second-order valence-electron chi connectivity index (χ2n) is 6.37.